The summed E-state index contributed by atoms with van der Waals surface area (Å²) in [4.78, 5) is 10.4. The fourth-order valence-electron chi connectivity index (χ4n) is 1.50. The molecule has 2 atom stereocenters. The van der Waals surface area contributed by atoms with E-state index in [2.05, 4.69) is 19.9 Å². The fourth-order valence-corrected chi connectivity index (χ4v) is 1.50. The van der Waals surface area contributed by atoms with Crippen LogP contribution in [0.5, 0.6) is 0 Å². The molecule has 0 aliphatic heterocycles. The maximum Gasteiger partial charge on any atom is 0.123 e. The molecule has 1 aliphatic carbocycles. The Kier molecular flexibility index (Phi) is 2.25. The first-order valence-electron chi connectivity index (χ1n) is 3.85. The van der Waals surface area contributed by atoms with Gasteiger partial charge in [0, 0.05) is 5.92 Å². The first-order chi connectivity index (χ1) is 4.74. The van der Waals surface area contributed by atoms with E-state index in [0.29, 0.717) is 5.92 Å². The Labute approximate surface area is 62.1 Å². The molecule has 0 spiro atoms. The predicted molar refractivity (Wildman–Crippen MR) is 41.7 cm³/mol. The van der Waals surface area contributed by atoms with Gasteiger partial charge in [-0.2, -0.15) is 0 Å². The Morgan fingerprint density at radius 2 is 2.40 bits per heavy atom. The highest BCUT2D eigenvalue weighted by Gasteiger charge is 2.19. The second kappa shape index (κ2) is 3.00. The molecule has 10 heavy (non-hydrogen) atoms. The molecular formula is C9H14O. The molecule has 0 aromatic rings. The van der Waals surface area contributed by atoms with Crippen molar-refractivity contribution >= 4 is 6.29 Å². The molecule has 0 aromatic carbocycles. The van der Waals surface area contributed by atoms with Crippen molar-refractivity contribution in [3.63, 3.8) is 0 Å². The Balaban J connectivity index is 2.60. The predicted octanol–water partition coefficient (Wildman–Crippen LogP) is 2.18. The zero-order valence-electron chi connectivity index (χ0n) is 6.63. The van der Waals surface area contributed by atoms with E-state index >= 15 is 0 Å². The van der Waals surface area contributed by atoms with Crippen molar-refractivity contribution in [1.82, 2.24) is 0 Å². The largest absolute Gasteiger partial charge is 0.303 e. The summed E-state index contributed by atoms with van der Waals surface area (Å²) >= 11 is 0. The smallest absolute Gasteiger partial charge is 0.123 e. The van der Waals surface area contributed by atoms with Crippen LogP contribution in [0.3, 0.4) is 0 Å². The van der Waals surface area contributed by atoms with Gasteiger partial charge in [-0.15, -0.1) is 0 Å². The highest BCUT2D eigenvalue weighted by atomic mass is 16.1. The van der Waals surface area contributed by atoms with Crippen LogP contribution in [0.2, 0.25) is 0 Å². The topological polar surface area (TPSA) is 17.1 Å². The van der Waals surface area contributed by atoms with E-state index in [9.17, 15) is 4.79 Å². The number of carbonyl (C=O) groups is 1. The highest BCUT2D eigenvalue weighted by Crippen LogP contribution is 2.27. The zero-order chi connectivity index (χ0) is 7.56. The number of rotatable bonds is 1. The van der Waals surface area contributed by atoms with Crippen LogP contribution in [0, 0.1) is 11.8 Å². The molecule has 1 rings (SSSR count). The molecule has 0 saturated carbocycles. The van der Waals surface area contributed by atoms with Crippen LogP contribution in [-0.4, -0.2) is 6.29 Å². The van der Waals surface area contributed by atoms with Crippen LogP contribution in [0.25, 0.3) is 0 Å². The average molecular weight is 138 g/mol. The lowest BCUT2D eigenvalue weighted by Gasteiger charge is -2.22. The van der Waals surface area contributed by atoms with Gasteiger partial charge >= 0.3 is 0 Å². The monoisotopic (exact) mass is 138 g/mol. The lowest BCUT2D eigenvalue weighted by atomic mass is 9.82. The van der Waals surface area contributed by atoms with Gasteiger partial charge in [0.2, 0.25) is 0 Å². The summed E-state index contributed by atoms with van der Waals surface area (Å²) < 4.78 is 0. The van der Waals surface area contributed by atoms with Gasteiger partial charge in [0.1, 0.15) is 6.29 Å². The summed E-state index contributed by atoms with van der Waals surface area (Å²) in [5.41, 5.74) is 1.44. The Morgan fingerprint density at radius 1 is 1.70 bits per heavy atom. The first-order valence-corrected chi connectivity index (χ1v) is 3.85. The van der Waals surface area contributed by atoms with E-state index in [1.54, 1.807) is 0 Å². The number of hydrogen-bond donors (Lipinski definition) is 0. The third-order valence-electron chi connectivity index (χ3n) is 2.29. The lowest BCUT2D eigenvalue weighted by Crippen LogP contribution is -2.16. The summed E-state index contributed by atoms with van der Waals surface area (Å²) in [6.07, 6.45) is 5.33. The van der Waals surface area contributed by atoms with Gasteiger partial charge in [0.25, 0.3) is 0 Å². The minimum Gasteiger partial charge on any atom is -0.303 e. The van der Waals surface area contributed by atoms with Gasteiger partial charge in [-0.3, -0.25) is 0 Å². The molecule has 1 nitrogen and oxygen atoms in total. The van der Waals surface area contributed by atoms with Crippen molar-refractivity contribution in [2.45, 2.75) is 26.7 Å². The normalized spacial score (nSPS) is 33.2. The van der Waals surface area contributed by atoms with Gasteiger partial charge in [0.15, 0.2) is 0 Å². The highest BCUT2D eigenvalue weighted by molar-refractivity contribution is 5.55. The third kappa shape index (κ3) is 1.47. The van der Waals surface area contributed by atoms with Crippen molar-refractivity contribution in [3.8, 4) is 0 Å². The van der Waals surface area contributed by atoms with E-state index in [4.69, 9.17) is 0 Å². The van der Waals surface area contributed by atoms with Gasteiger partial charge < -0.3 is 4.79 Å². The van der Waals surface area contributed by atoms with E-state index < -0.39 is 0 Å². The number of hydrogen-bond acceptors (Lipinski definition) is 1. The van der Waals surface area contributed by atoms with Gasteiger partial charge in [-0.1, -0.05) is 18.6 Å². The van der Waals surface area contributed by atoms with Crippen LogP contribution in [0.15, 0.2) is 11.6 Å². The molecule has 0 radical (unpaired) electrons. The van der Waals surface area contributed by atoms with E-state index in [0.717, 1.165) is 19.1 Å². The summed E-state index contributed by atoms with van der Waals surface area (Å²) in [6, 6.07) is 0. The van der Waals surface area contributed by atoms with Crippen LogP contribution >= 0.6 is 0 Å². The SMILES string of the molecule is CC1=CCC(C=O)[C@H](C)C1. The third-order valence-corrected chi connectivity index (χ3v) is 2.29. The Hall–Kier alpha value is -0.590. The molecular weight excluding hydrogens is 124 g/mol. The van der Waals surface area contributed by atoms with Gasteiger partial charge in [-0.05, 0) is 25.7 Å². The second-order valence-corrected chi connectivity index (χ2v) is 3.27. The molecule has 0 aromatic heterocycles. The molecule has 1 aliphatic rings. The lowest BCUT2D eigenvalue weighted by molar-refractivity contribution is -0.112. The summed E-state index contributed by atoms with van der Waals surface area (Å²) in [6.45, 7) is 4.28. The van der Waals surface area contributed by atoms with E-state index in [1.165, 1.54) is 5.57 Å². The molecule has 0 amide bonds. The van der Waals surface area contributed by atoms with Crippen molar-refractivity contribution in [2.24, 2.45) is 11.8 Å². The maximum absolute atomic E-state index is 10.4. The van der Waals surface area contributed by atoms with E-state index in [1.807, 2.05) is 0 Å². The molecule has 0 fully saturated rings. The summed E-state index contributed by atoms with van der Waals surface area (Å²) in [5.74, 6) is 0.839. The van der Waals surface area contributed by atoms with Gasteiger partial charge in [0.05, 0.1) is 0 Å². The zero-order valence-corrected chi connectivity index (χ0v) is 6.63. The van der Waals surface area contributed by atoms with Crippen LogP contribution in [0.1, 0.15) is 26.7 Å². The van der Waals surface area contributed by atoms with Crippen LogP contribution < -0.4 is 0 Å². The molecule has 56 valence electrons. The van der Waals surface area contributed by atoms with Crippen molar-refractivity contribution in [1.29, 1.82) is 0 Å². The summed E-state index contributed by atoms with van der Waals surface area (Å²) in [7, 11) is 0. The number of aldehydes is 1. The number of allylic oxidation sites excluding steroid dienone is 2. The van der Waals surface area contributed by atoms with Crippen molar-refractivity contribution in [3.05, 3.63) is 11.6 Å². The van der Waals surface area contributed by atoms with E-state index in [-0.39, 0.29) is 5.92 Å². The Morgan fingerprint density at radius 3 is 2.90 bits per heavy atom. The quantitative estimate of drug-likeness (QED) is 0.401. The second-order valence-electron chi connectivity index (χ2n) is 3.27. The molecule has 1 unspecified atom stereocenters. The Bertz CT molecular complexity index is 158. The van der Waals surface area contributed by atoms with Crippen LogP contribution in [-0.2, 0) is 4.79 Å². The molecule has 0 bridgehead atoms. The fraction of sp³-hybridized carbons (Fsp3) is 0.667. The minimum atomic E-state index is 0.281. The summed E-state index contributed by atoms with van der Waals surface area (Å²) in [5, 5.41) is 0. The molecule has 0 N–H and O–H groups in total. The molecule has 0 heterocycles. The standard InChI is InChI=1S/C9H14O/c1-7-3-4-9(6-10)8(2)5-7/h3,6,8-9H,4-5H2,1-2H3/t8-,9?/m1/s1. The molecule has 0 saturated heterocycles. The van der Waals surface area contributed by atoms with Crippen molar-refractivity contribution < 1.29 is 4.79 Å². The minimum absolute atomic E-state index is 0.281. The maximum atomic E-state index is 10.4. The van der Waals surface area contributed by atoms with Crippen molar-refractivity contribution in [2.75, 3.05) is 0 Å². The first kappa shape index (κ1) is 7.52. The molecule has 1 heteroatoms. The average Bonchev–Trinajstić information content (AvgIpc) is 1.88. The van der Waals surface area contributed by atoms with Crippen LogP contribution in [0.4, 0.5) is 0 Å². The van der Waals surface area contributed by atoms with Gasteiger partial charge in [-0.25, -0.2) is 0 Å². The number of carbonyl (C=O) groups excluding carboxylic acids is 1.